The number of benzene rings is 1. The van der Waals surface area contributed by atoms with Gasteiger partial charge in [0.05, 0.1) is 22.9 Å². The summed E-state index contributed by atoms with van der Waals surface area (Å²) in [6.45, 7) is 1.13. The van der Waals surface area contributed by atoms with Crippen molar-refractivity contribution in [3.8, 4) is 0 Å². The Morgan fingerprint density at radius 1 is 1.14 bits per heavy atom. The summed E-state index contributed by atoms with van der Waals surface area (Å²) < 4.78 is 0. The van der Waals surface area contributed by atoms with Crippen LogP contribution in [-0.4, -0.2) is 53.7 Å². The minimum atomic E-state index is -0.991. The topological polar surface area (TPSA) is 136 Å². The number of piperidine rings is 2. The van der Waals surface area contributed by atoms with E-state index < -0.39 is 29.7 Å². The van der Waals surface area contributed by atoms with Crippen LogP contribution < -0.4 is 10.2 Å². The number of fused-ring (bicyclic) bond motifs is 1. The molecule has 3 aliphatic heterocycles. The predicted octanol–water partition coefficient (Wildman–Crippen LogP) is 1.37. The van der Waals surface area contributed by atoms with Crippen molar-refractivity contribution in [2.75, 3.05) is 18.0 Å². The fourth-order valence-electron chi connectivity index (χ4n) is 4.10. The quantitative estimate of drug-likeness (QED) is 0.364. The summed E-state index contributed by atoms with van der Waals surface area (Å²) in [5.74, 6) is -2.10. The largest absolute Gasteiger partial charge is 0.370 e. The van der Waals surface area contributed by atoms with Crippen LogP contribution in [0.15, 0.2) is 23.3 Å². The van der Waals surface area contributed by atoms with Crippen LogP contribution in [-0.2, 0) is 9.59 Å². The van der Waals surface area contributed by atoms with Crippen LogP contribution in [0.1, 0.15) is 46.4 Å². The molecular formula is C18H18N6O4. The van der Waals surface area contributed by atoms with Gasteiger partial charge >= 0.3 is 0 Å². The molecule has 2 atom stereocenters. The third-order valence-electron chi connectivity index (χ3n) is 5.40. The van der Waals surface area contributed by atoms with E-state index in [1.165, 1.54) is 0 Å². The van der Waals surface area contributed by atoms with Gasteiger partial charge in [0.2, 0.25) is 11.8 Å². The molecule has 2 fully saturated rings. The Bertz CT molecular complexity index is 938. The zero-order chi connectivity index (χ0) is 19.8. The Labute approximate surface area is 160 Å². The number of nitrogens with zero attached hydrogens (tertiary/aromatic N) is 5. The summed E-state index contributed by atoms with van der Waals surface area (Å²) in [4.78, 5) is 55.4. The van der Waals surface area contributed by atoms with E-state index in [0.717, 1.165) is 17.7 Å². The Morgan fingerprint density at radius 2 is 1.96 bits per heavy atom. The molecule has 1 N–H and O–H groups in total. The Hall–Kier alpha value is -3.39. The number of nitrogens with one attached hydrogen (secondary N) is 1. The Balaban J connectivity index is 1.67. The molecule has 3 heterocycles. The molecule has 4 amide bonds. The molecule has 10 heteroatoms. The second-order valence-electron chi connectivity index (χ2n) is 7.09. The number of rotatable bonds is 3. The minimum absolute atomic E-state index is 0.0800. The van der Waals surface area contributed by atoms with Crippen LogP contribution in [0.25, 0.3) is 10.4 Å². The SMILES string of the molecule is [N-]=[N+]=NC1CCCN(c2cccc3c2C(=O)N(C2CCC(=O)NC2=O)C3=O)C1. The summed E-state index contributed by atoms with van der Waals surface area (Å²) in [5, 5.41) is 5.98. The molecule has 0 spiro atoms. The molecule has 1 aromatic rings. The molecule has 1 aromatic carbocycles. The van der Waals surface area contributed by atoms with Gasteiger partial charge in [-0.25, -0.2) is 0 Å². The lowest BCUT2D eigenvalue weighted by Gasteiger charge is -2.33. The van der Waals surface area contributed by atoms with E-state index in [2.05, 4.69) is 15.3 Å². The van der Waals surface area contributed by atoms with Crippen molar-refractivity contribution in [3.63, 3.8) is 0 Å². The highest BCUT2D eigenvalue weighted by Gasteiger charge is 2.46. The van der Waals surface area contributed by atoms with Crippen molar-refractivity contribution < 1.29 is 19.2 Å². The molecule has 0 aromatic heterocycles. The van der Waals surface area contributed by atoms with E-state index >= 15 is 0 Å². The molecule has 10 nitrogen and oxygen atoms in total. The smallest absolute Gasteiger partial charge is 0.264 e. The van der Waals surface area contributed by atoms with Crippen LogP contribution in [0.3, 0.4) is 0 Å². The molecule has 144 valence electrons. The van der Waals surface area contributed by atoms with Crippen molar-refractivity contribution in [2.24, 2.45) is 5.11 Å². The molecule has 4 rings (SSSR count). The maximum atomic E-state index is 13.1. The first-order valence-corrected chi connectivity index (χ1v) is 9.15. The maximum absolute atomic E-state index is 13.1. The van der Waals surface area contributed by atoms with Crippen LogP contribution in [0.4, 0.5) is 5.69 Å². The van der Waals surface area contributed by atoms with Crippen molar-refractivity contribution in [2.45, 2.75) is 37.8 Å². The monoisotopic (exact) mass is 382 g/mol. The van der Waals surface area contributed by atoms with Gasteiger partial charge in [-0.15, -0.1) is 0 Å². The van der Waals surface area contributed by atoms with Gasteiger partial charge in [-0.05, 0) is 36.9 Å². The molecule has 0 saturated carbocycles. The van der Waals surface area contributed by atoms with Crippen molar-refractivity contribution in [1.29, 1.82) is 0 Å². The third kappa shape index (κ3) is 2.87. The van der Waals surface area contributed by atoms with Crippen LogP contribution in [0.2, 0.25) is 0 Å². The van der Waals surface area contributed by atoms with E-state index in [4.69, 9.17) is 5.53 Å². The fraction of sp³-hybridized carbons (Fsp3) is 0.444. The summed E-state index contributed by atoms with van der Waals surface area (Å²) in [7, 11) is 0. The number of anilines is 1. The fourth-order valence-corrected chi connectivity index (χ4v) is 4.10. The van der Waals surface area contributed by atoms with Gasteiger partial charge in [-0.1, -0.05) is 11.2 Å². The highest BCUT2D eigenvalue weighted by molar-refractivity contribution is 6.25. The second kappa shape index (κ2) is 6.97. The van der Waals surface area contributed by atoms with Gasteiger partial charge in [0, 0.05) is 24.4 Å². The number of amides is 4. The Morgan fingerprint density at radius 3 is 2.71 bits per heavy atom. The third-order valence-corrected chi connectivity index (χ3v) is 5.40. The lowest BCUT2D eigenvalue weighted by Crippen LogP contribution is -2.54. The van der Waals surface area contributed by atoms with Crippen LogP contribution in [0.5, 0.6) is 0 Å². The first-order valence-electron chi connectivity index (χ1n) is 9.15. The summed E-state index contributed by atoms with van der Waals surface area (Å²) in [5.41, 5.74) is 9.81. The molecule has 3 aliphatic rings. The minimum Gasteiger partial charge on any atom is -0.370 e. The maximum Gasteiger partial charge on any atom is 0.264 e. The second-order valence-corrected chi connectivity index (χ2v) is 7.09. The number of carbonyl (C=O) groups excluding carboxylic acids is 4. The highest BCUT2D eigenvalue weighted by Crippen LogP contribution is 2.35. The zero-order valence-corrected chi connectivity index (χ0v) is 15.0. The lowest BCUT2D eigenvalue weighted by atomic mass is 10.0. The lowest BCUT2D eigenvalue weighted by molar-refractivity contribution is -0.136. The molecule has 2 saturated heterocycles. The van der Waals surface area contributed by atoms with Crippen LogP contribution >= 0.6 is 0 Å². The molecular weight excluding hydrogens is 364 g/mol. The van der Waals surface area contributed by atoms with Crippen LogP contribution in [0, 0.1) is 0 Å². The highest BCUT2D eigenvalue weighted by atomic mass is 16.2. The standard InChI is InChI=1S/C18H18N6O4/c19-22-21-10-3-2-8-23(9-10)12-5-1-4-11-15(12)18(28)24(17(11)27)13-6-7-14(25)20-16(13)26/h1,4-5,10,13H,2-3,6-9H2,(H,20,25,26). The number of carbonyl (C=O) groups is 4. The van der Waals surface area contributed by atoms with E-state index in [-0.39, 0.29) is 30.0 Å². The molecule has 28 heavy (non-hydrogen) atoms. The van der Waals surface area contributed by atoms with Crippen molar-refractivity contribution >= 4 is 29.3 Å². The molecule has 0 radical (unpaired) electrons. The van der Waals surface area contributed by atoms with E-state index in [1.807, 2.05) is 4.90 Å². The van der Waals surface area contributed by atoms with E-state index in [0.29, 0.717) is 18.8 Å². The average Bonchev–Trinajstić information content (AvgIpc) is 2.94. The first-order chi connectivity index (χ1) is 13.5. The van der Waals surface area contributed by atoms with Gasteiger partial charge in [0.25, 0.3) is 11.8 Å². The molecule has 0 bridgehead atoms. The van der Waals surface area contributed by atoms with E-state index in [1.54, 1.807) is 18.2 Å². The van der Waals surface area contributed by atoms with Gasteiger partial charge in [0.1, 0.15) is 6.04 Å². The summed E-state index contributed by atoms with van der Waals surface area (Å²) in [6.07, 6.45) is 1.77. The summed E-state index contributed by atoms with van der Waals surface area (Å²) in [6, 6.07) is 3.84. The number of hydrogen-bond acceptors (Lipinski definition) is 6. The first kappa shape index (κ1) is 18.0. The molecule has 2 unspecified atom stereocenters. The van der Waals surface area contributed by atoms with E-state index in [9.17, 15) is 19.2 Å². The van der Waals surface area contributed by atoms with Gasteiger partial charge in [-0.2, -0.15) is 0 Å². The van der Waals surface area contributed by atoms with Gasteiger partial charge in [-0.3, -0.25) is 29.4 Å². The normalized spacial score (nSPS) is 24.7. The average molecular weight is 382 g/mol. The predicted molar refractivity (Wildman–Crippen MR) is 97.5 cm³/mol. The number of imide groups is 2. The molecule has 0 aliphatic carbocycles. The van der Waals surface area contributed by atoms with Crippen molar-refractivity contribution in [1.82, 2.24) is 10.2 Å². The zero-order valence-electron chi connectivity index (χ0n) is 15.0. The number of hydrogen-bond donors (Lipinski definition) is 1. The van der Waals surface area contributed by atoms with Crippen molar-refractivity contribution in [3.05, 3.63) is 39.8 Å². The van der Waals surface area contributed by atoms with Gasteiger partial charge < -0.3 is 4.90 Å². The van der Waals surface area contributed by atoms with Gasteiger partial charge in [0.15, 0.2) is 0 Å². The number of azide groups is 1. The Kier molecular flexibility index (Phi) is 4.48. The summed E-state index contributed by atoms with van der Waals surface area (Å²) >= 11 is 0.